The van der Waals surface area contributed by atoms with E-state index in [1.807, 2.05) is 0 Å². The van der Waals surface area contributed by atoms with Crippen molar-refractivity contribution in [3.63, 3.8) is 0 Å². The van der Waals surface area contributed by atoms with Gasteiger partial charge in [-0.25, -0.2) is 4.98 Å². The third-order valence-corrected chi connectivity index (χ3v) is 5.37. The summed E-state index contributed by atoms with van der Waals surface area (Å²) in [7, 11) is 0. The van der Waals surface area contributed by atoms with Crippen LogP contribution < -0.4 is 0 Å². The number of rotatable bonds is 2. The van der Waals surface area contributed by atoms with Gasteiger partial charge in [-0.2, -0.15) is 0 Å². The summed E-state index contributed by atoms with van der Waals surface area (Å²) in [6, 6.07) is 2.29. The second-order valence-corrected chi connectivity index (χ2v) is 7.52. The van der Waals surface area contributed by atoms with Crippen molar-refractivity contribution in [1.29, 1.82) is 0 Å². The van der Waals surface area contributed by atoms with E-state index < -0.39 is 0 Å². The Hall–Kier alpha value is -1.83. The van der Waals surface area contributed by atoms with Crippen LogP contribution in [0.4, 0.5) is 0 Å². The Bertz CT molecular complexity index is 927. The van der Waals surface area contributed by atoms with Gasteiger partial charge in [0.25, 0.3) is 0 Å². The maximum absolute atomic E-state index is 5.04. The first-order valence-electron chi connectivity index (χ1n) is 8.61. The van der Waals surface area contributed by atoms with Crippen LogP contribution in [0.5, 0.6) is 0 Å². The molecule has 3 aromatic rings. The van der Waals surface area contributed by atoms with Gasteiger partial charge in [-0.1, -0.05) is 19.9 Å². The Morgan fingerprint density at radius 3 is 2.17 bits per heavy atom. The minimum atomic E-state index is 0.657. The van der Waals surface area contributed by atoms with Crippen molar-refractivity contribution in [2.45, 2.75) is 61.8 Å². The fraction of sp³-hybridized carbons (Fsp3) is 0.476. The van der Waals surface area contributed by atoms with Crippen molar-refractivity contribution in [1.82, 2.24) is 9.38 Å². The molecule has 1 aromatic carbocycles. The summed E-state index contributed by atoms with van der Waals surface area (Å²) in [4.78, 5) is 5.04. The second-order valence-electron chi connectivity index (χ2n) is 7.52. The molecule has 0 unspecified atom stereocenters. The first-order chi connectivity index (χ1) is 10.7. The quantitative estimate of drug-likeness (QED) is 0.608. The lowest BCUT2D eigenvalue weighted by atomic mass is 9.95. The number of pyridine rings is 1. The average Bonchev–Trinajstić information content (AvgIpc) is 2.88. The minimum Gasteiger partial charge on any atom is -0.296 e. The highest BCUT2D eigenvalue weighted by Crippen LogP contribution is 2.32. The monoisotopic (exact) mass is 308 g/mol. The van der Waals surface area contributed by atoms with E-state index in [1.165, 1.54) is 44.6 Å². The lowest BCUT2D eigenvalue weighted by molar-refractivity contribution is 0.638. The molecule has 0 N–H and O–H groups in total. The maximum atomic E-state index is 5.04. The van der Waals surface area contributed by atoms with Gasteiger partial charge in [0.2, 0.25) is 0 Å². The SMILES string of the molecule is Cc1cc(C)c2c(nc3c(C)c(C)c(CC(C)C)c(C)n32)c1C. The molecule has 0 saturated carbocycles. The van der Waals surface area contributed by atoms with Gasteiger partial charge >= 0.3 is 0 Å². The summed E-state index contributed by atoms with van der Waals surface area (Å²) in [5, 5.41) is 0. The minimum absolute atomic E-state index is 0.657. The van der Waals surface area contributed by atoms with E-state index in [0.717, 1.165) is 17.6 Å². The van der Waals surface area contributed by atoms with Crippen LogP contribution in [-0.4, -0.2) is 9.38 Å². The molecule has 0 aliphatic rings. The van der Waals surface area contributed by atoms with Gasteiger partial charge in [-0.3, -0.25) is 4.40 Å². The van der Waals surface area contributed by atoms with Gasteiger partial charge in [0, 0.05) is 5.69 Å². The molecule has 0 radical (unpaired) electrons. The molecule has 0 atom stereocenters. The lowest BCUT2D eigenvalue weighted by Gasteiger charge is -2.18. The van der Waals surface area contributed by atoms with Crippen LogP contribution in [0.15, 0.2) is 6.07 Å². The van der Waals surface area contributed by atoms with Gasteiger partial charge in [-0.05, 0) is 87.3 Å². The molecule has 0 bridgehead atoms. The molecular formula is C21H28N2. The van der Waals surface area contributed by atoms with Crippen LogP contribution in [-0.2, 0) is 6.42 Å². The first kappa shape index (κ1) is 16.0. The van der Waals surface area contributed by atoms with Crippen molar-refractivity contribution in [2.75, 3.05) is 0 Å². The Morgan fingerprint density at radius 1 is 0.913 bits per heavy atom. The van der Waals surface area contributed by atoms with Crippen molar-refractivity contribution in [3.8, 4) is 0 Å². The second kappa shape index (κ2) is 5.36. The standard InChI is InChI=1S/C21H28N2/c1-11(2)9-18-15(6)16(7)21-22-19-14(5)12(3)10-13(4)20(19)23(21)17(18)8/h10-11H,9H2,1-8H3. The van der Waals surface area contributed by atoms with E-state index in [0.29, 0.717) is 5.92 Å². The Labute approximate surface area is 139 Å². The largest absolute Gasteiger partial charge is 0.296 e. The van der Waals surface area contributed by atoms with E-state index >= 15 is 0 Å². The molecule has 0 spiro atoms. The molecule has 0 saturated heterocycles. The number of fused-ring (bicyclic) bond motifs is 3. The molecule has 0 aliphatic heterocycles. The predicted octanol–water partition coefficient (Wildman–Crippen LogP) is 5.54. The number of aromatic nitrogens is 2. The zero-order valence-corrected chi connectivity index (χ0v) is 15.8. The number of hydrogen-bond acceptors (Lipinski definition) is 1. The highest BCUT2D eigenvalue weighted by molar-refractivity contribution is 5.88. The maximum Gasteiger partial charge on any atom is 0.141 e. The Balaban J connectivity index is 2.55. The summed E-state index contributed by atoms with van der Waals surface area (Å²) in [5.74, 6) is 0.657. The van der Waals surface area contributed by atoms with Crippen LogP contribution in [0, 0.1) is 47.5 Å². The topological polar surface area (TPSA) is 17.3 Å². The highest BCUT2D eigenvalue weighted by Gasteiger charge is 2.19. The number of aryl methyl sites for hydroxylation is 5. The van der Waals surface area contributed by atoms with Gasteiger partial charge in [0.05, 0.1) is 11.0 Å². The van der Waals surface area contributed by atoms with Crippen molar-refractivity contribution in [3.05, 3.63) is 45.1 Å². The summed E-state index contributed by atoms with van der Waals surface area (Å²) < 4.78 is 2.40. The lowest BCUT2D eigenvalue weighted by Crippen LogP contribution is -2.07. The highest BCUT2D eigenvalue weighted by atomic mass is 15.0. The zero-order chi connectivity index (χ0) is 17.0. The summed E-state index contributed by atoms with van der Waals surface area (Å²) in [6.45, 7) is 17.9. The summed E-state index contributed by atoms with van der Waals surface area (Å²) in [6.07, 6.45) is 1.12. The van der Waals surface area contributed by atoms with Crippen LogP contribution in [0.2, 0.25) is 0 Å². The van der Waals surface area contributed by atoms with E-state index in [1.54, 1.807) is 0 Å². The molecule has 0 aliphatic carbocycles. The third-order valence-electron chi connectivity index (χ3n) is 5.37. The molecule has 2 nitrogen and oxygen atoms in total. The summed E-state index contributed by atoms with van der Waals surface area (Å²) in [5.41, 5.74) is 13.1. The van der Waals surface area contributed by atoms with Gasteiger partial charge in [0.15, 0.2) is 0 Å². The van der Waals surface area contributed by atoms with Crippen LogP contribution >= 0.6 is 0 Å². The number of hydrogen-bond donors (Lipinski definition) is 0. The van der Waals surface area contributed by atoms with Crippen LogP contribution in [0.3, 0.4) is 0 Å². The molecule has 2 heterocycles. The average molecular weight is 308 g/mol. The Kier molecular flexibility index (Phi) is 3.74. The molecule has 0 fully saturated rings. The number of benzene rings is 1. The van der Waals surface area contributed by atoms with E-state index in [-0.39, 0.29) is 0 Å². The zero-order valence-electron chi connectivity index (χ0n) is 15.8. The van der Waals surface area contributed by atoms with E-state index in [2.05, 4.69) is 65.9 Å². The van der Waals surface area contributed by atoms with Crippen LogP contribution in [0.1, 0.15) is 52.9 Å². The Morgan fingerprint density at radius 2 is 1.57 bits per heavy atom. The molecule has 3 rings (SSSR count). The fourth-order valence-electron chi connectivity index (χ4n) is 3.82. The van der Waals surface area contributed by atoms with Crippen LogP contribution in [0.25, 0.3) is 16.7 Å². The molecule has 2 aromatic heterocycles. The third kappa shape index (κ3) is 2.27. The smallest absolute Gasteiger partial charge is 0.141 e. The van der Waals surface area contributed by atoms with Gasteiger partial charge in [-0.15, -0.1) is 0 Å². The predicted molar refractivity (Wildman–Crippen MR) is 99.7 cm³/mol. The fourth-order valence-corrected chi connectivity index (χ4v) is 3.82. The molecule has 23 heavy (non-hydrogen) atoms. The van der Waals surface area contributed by atoms with Gasteiger partial charge < -0.3 is 0 Å². The summed E-state index contributed by atoms with van der Waals surface area (Å²) >= 11 is 0. The van der Waals surface area contributed by atoms with E-state index in [4.69, 9.17) is 4.98 Å². The van der Waals surface area contributed by atoms with Crippen molar-refractivity contribution in [2.24, 2.45) is 5.92 Å². The molecular weight excluding hydrogens is 280 g/mol. The van der Waals surface area contributed by atoms with Crippen molar-refractivity contribution >= 4 is 16.7 Å². The first-order valence-corrected chi connectivity index (χ1v) is 8.61. The van der Waals surface area contributed by atoms with E-state index in [9.17, 15) is 0 Å². The molecule has 0 amide bonds. The molecule has 2 heteroatoms. The molecule has 122 valence electrons. The normalized spacial score (nSPS) is 12.0. The van der Waals surface area contributed by atoms with Gasteiger partial charge in [0.1, 0.15) is 5.65 Å². The van der Waals surface area contributed by atoms with Crippen molar-refractivity contribution < 1.29 is 0 Å². The number of imidazole rings is 1. The number of nitrogens with zero attached hydrogens (tertiary/aromatic N) is 2.